The van der Waals surface area contributed by atoms with Crippen LogP contribution in [0.15, 0.2) is 77.7 Å². The summed E-state index contributed by atoms with van der Waals surface area (Å²) in [5.41, 5.74) is 1.07. The molecule has 0 spiro atoms. The summed E-state index contributed by atoms with van der Waals surface area (Å²) >= 11 is 1.71. The van der Waals surface area contributed by atoms with Gasteiger partial charge in [-0.3, -0.25) is 4.79 Å². The van der Waals surface area contributed by atoms with Crippen molar-refractivity contribution in [2.45, 2.75) is 60.7 Å². The fourth-order valence-electron chi connectivity index (χ4n) is 5.24. The highest BCUT2D eigenvalue weighted by molar-refractivity contribution is 7.98. The molecule has 0 radical (unpaired) electrons. The Hall–Kier alpha value is -3.13. The number of carbonyl (C=O) groups excluding carboxylic acids is 1. The fourth-order valence-corrected chi connectivity index (χ4v) is 6.14. The van der Waals surface area contributed by atoms with Gasteiger partial charge in [0.25, 0.3) is 5.91 Å². The molecule has 2 heterocycles. The van der Waals surface area contributed by atoms with E-state index in [1.165, 1.54) is 6.07 Å². The topological polar surface area (TPSA) is 38.8 Å². The summed E-state index contributed by atoms with van der Waals surface area (Å²) in [4.78, 5) is 16.5. The molecule has 2 bridgehead atoms. The number of nitrogens with zero attached hydrogens (tertiary/aromatic N) is 1. The third-order valence-corrected chi connectivity index (χ3v) is 8.10. The molecule has 0 aromatic heterocycles. The standard InChI is InChI=1S/C29H28F3NO3S/c1-35-24-5-3-7-27(17-24)37-18-19-8-10-20(11-9-19)28(34)33-22-12-13-23(33)16-26(15-22)36-25-6-2-4-21(14-25)29(30,31)32/h2-11,14,17,22-23,26H,12-13,15-16,18H2,1H3. The van der Waals surface area contributed by atoms with Gasteiger partial charge in [0.15, 0.2) is 0 Å². The number of thioether (sulfide) groups is 1. The molecule has 2 unspecified atom stereocenters. The number of hydrogen-bond acceptors (Lipinski definition) is 4. The predicted octanol–water partition coefficient (Wildman–Crippen LogP) is 7.22. The van der Waals surface area contributed by atoms with Gasteiger partial charge in [0, 0.05) is 41.1 Å². The first-order valence-corrected chi connectivity index (χ1v) is 13.3. The Morgan fingerprint density at radius 1 is 0.946 bits per heavy atom. The molecule has 1 amide bonds. The highest BCUT2D eigenvalue weighted by Crippen LogP contribution is 2.39. The van der Waals surface area contributed by atoms with Gasteiger partial charge in [-0.25, -0.2) is 0 Å². The minimum Gasteiger partial charge on any atom is -0.497 e. The van der Waals surface area contributed by atoms with Crippen molar-refractivity contribution in [2.75, 3.05) is 7.11 Å². The van der Waals surface area contributed by atoms with E-state index >= 15 is 0 Å². The first-order chi connectivity index (χ1) is 17.8. The van der Waals surface area contributed by atoms with E-state index in [2.05, 4.69) is 0 Å². The number of methoxy groups -OCH3 is 1. The maximum atomic E-state index is 13.4. The van der Waals surface area contributed by atoms with Gasteiger partial charge in [-0.2, -0.15) is 13.2 Å². The van der Waals surface area contributed by atoms with Crippen LogP contribution in [0.2, 0.25) is 0 Å². The molecule has 2 aliphatic rings. The van der Waals surface area contributed by atoms with Crippen molar-refractivity contribution >= 4 is 17.7 Å². The van der Waals surface area contributed by atoms with Crippen molar-refractivity contribution in [3.05, 3.63) is 89.5 Å². The molecule has 3 aromatic carbocycles. The van der Waals surface area contributed by atoms with Crippen LogP contribution in [0, 0.1) is 0 Å². The Bertz CT molecular complexity index is 1230. The second kappa shape index (κ2) is 10.7. The lowest BCUT2D eigenvalue weighted by Gasteiger charge is -2.39. The molecule has 3 aromatic rings. The lowest BCUT2D eigenvalue weighted by molar-refractivity contribution is -0.137. The first-order valence-electron chi connectivity index (χ1n) is 12.3. The molecule has 8 heteroatoms. The molecular formula is C29H28F3NO3S. The number of halogens is 3. The van der Waals surface area contributed by atoms with E-state index in [1.807, 2.05) is 53.4 Å². The summed E-state index contributed by atoms with van der Waals surface area (Å²) in [7, 11) is 1.65. The molecule has 0 aliphatic carbocycles. The quantitative estimate of drug-likeness (QED) is 0.304. The summed E-state index contributed by atoms with van der Waals surface area (Å²) in [6, 6.07) is 20.8. The average molecular weight is 528 g/mol. The predicted molar refractivity (Wildman–Crippen MR) is 137 cm³/mol. The number of alkyl halides is 3. The van der Waals surface area contributed by atoms with E-state index in [0.29, 0.717) is 18.4 Å². The Balaban J connectivity index is 1.19. The van der Waals surface area contributed by atoms with Crippen molar-refractivity contribution in [3.63, 3.8) is 0 Å². The summed E-state index contributed by atoms with van der Waals surface area (Å²) < 4.78 is 50.4. The van der Waals surface area contributed by atoms with Crippen molar-refractivity contribution in [3.8, 4) is 11.5 Å². The molecule has 4 nitrogen and oxygen atoms in total. The average Bonchev–Trinajstić information content (AvgIpc) is 3.17. The zero-order chi connectivity index (χ0) is 26.0. The Morgan fingerprint density at radius 3 is 2.30 bits per heavy atom. The second-order valence-corrected chi connectivity index (χ2v) is 10.5. The lowest BCUT2D eigenvalue weighted by atomic mass is 9.98. The van der Waals surface area contributed by atoms with Crippen molar-refractivity contribution in [2.24, 2.45) is 0 Å². The van der Waals surface area contributed by atoms with Crippen LogP contribution in [0.1, 0.15) is 47.2 Å². The maximum Gasteiger partial charge on any atom is 0.416 e. The molecule has 0 saturated carbocycles. The Labute approximate surface area is 218 Å². The Kier molecular flexibility index (Phi) is 7.38. The first kappa shape index (κ1) is 25.5. The van der Waals surface area contributed by atoms with E-state index < -0.39 is 11.7 Å². The largest absolute Gasteiger partial charge is 0.497 e. The minimum atomic E-state index is -4.41. The van der Waals surface area contributed by atoms with Crippen LogP contribution in [0.3, 0.4) is 0 Å². The third kappa shape index (κ3) is 5.90. The lowest BCUT2D eigenvalue weighted by Crippen LogP contribution is -2.49. The van der Waals surface area contributed by atoms with Crippen LogP contribution in [0.5, 0.6) is 11.5 Å². The Morgan fingerprint density at radius 2 is 1.62 bits per heavy atom. The van der Waals surface area contributed by atoms with Gasteiger partial charge in [-0.05, 0) is 66.9 Å². The van der Waals surface area contributed by atoms with E-state index in [0.717, 1.165) is 46.9 Å². The smallest absolute Gasteiger partial charge is 0.416 e. The van der Waals surface area contributed by atoms with Gasteiger partial charge < -0.3 is 14.4 Å². The third-order valence-electron chi connectivity index (χ3n) is 7.04. The number of amides is 1. The molecule has 37 heavy (non-hydrogen) atoms. The molecular weight excluding hydrogens is 499 g/mol. The van der Waals surface area contributed by atoms with Gasteiger partial charge in [0.2, 0.25) is 0 Å². The highest BCUT2D eigenvalue weighted by atomic mass is 32.2. The summed E-state index contributed by atoms with van der Waals surface area (Å²) in [5.74, 6) is 1.84. The van der Waals surface area contributed by atoms with Crippen LogP contribution < -0.4 is 9.47 Å². The van der Waals surface area contributed by atoms with Gasteiger partial charge in [0.05, 0.1) is 12.7 Å². The number of hydrogen-bond donors (Lipinski definition) is 0. The van der Waals surface area contributed by atoms with Crippen LogP contribution in [0.4, 0.5) is 13.2 Å². The van der Waals surface area contributed by atoms with Crippen molar-refractivity contribution in [1.82, 2.24) is 4.90 Å². The number of carbonyl (C=O) groups is 1. The SMILES string of the molecule is COc1cccc(SCc2ccc(C(=O)N3C4CCC3CC(Oc3cccc(C(F)(F)F)c3)C4)cc2)c1. The number of fused-ring (bicyclic) bond motifs is 2. The number of ether oxygens (including phenoxy) is 2. The van der Waals surface area contributed by atoms with Crippen molar-refractivity contribution in [1.29, 1.82) is 0 Å². The van der Waals surface area contributed by atoms with E-state index in [4.69, 9.17) is 9.47 Å². The normalized spacial score (nSPS) is 21.1. The van der Waals surface area contributed by atoms with Crippen molar-refractivity contribution < 1.29 is 27.4 Å². The highest BCUT2D eigenvalue weighted by Gasteiger charge is 2.44. The summed E-state index contributed by atoms with van der Waals surface area (Å²) in [6.07, 6.45) is -1.61. The molecule has 0 N–H and O–H groups in total. The number of piperidine rings is 1. The second-order valence-electron chi connectivity index (χ2n) is 9.50. The van der Waals surface area contributed by atoms with Gasteiger partial charge in [-0.1, -0.05) is 24.3 Å². The molecule has 2 saturated heterocycles. The zero-order valence-electron chi connectivity index (χ0n) is 20.4. The molecule has 2 fully saturated rings. The fraction of sp³-hybridized carbons (Fsp3) is 0.345. The van der Waals surface area contributed by atoms with E-state index in [-0.39, 0.29) is 29.8 Å². The van der Waals surface area contributed by atoms with Crippen LogP contribution >= 0.6 is 11.8 Å². The molecule has 2 aliphatic heterocycles. The number of benzene rings is 3. The summed E-state index contributed by atoms with van der Waals surface area (Å²) in [6.45, 7) is 0. The van der Waals surface area contributed by atoms with E-state index in [9.17, 15) is 18.0 Å². The van der Waals surface area contributed by atoms with Gasteiger partial charge in [0.1, 0.15) is 17.6 Å². The maximum absolute atomic E-state index is 13.4. The van der Waals surface area contributed by atoms with Crippen LogP contribution in [-0.2, 0) is 11.9 Å². The minimum absolute atomic E-state index is 0.0111. The van der Waals surface area contributed by atoms with Crippen LogP contribution in [0.25, 0.3) is 0 Å². The number of rotatable bonds is 7. The zero-order valence-corrected chi connectivity index (χ0v) is 21.2. The van der Waals surface area contributed by atoms with Gasteiger partial charge in [-0.15, -0.1) is 11.8 Å². The molecule has 194 valence electrons. The van der Waals surface area contributed by atoms with Gasteiger partial charge >= 0.3 is 6.18 Å². The molecule has 2 atom stereocenters. The van der Waals surface area contributed by atoms with Crippen LogP contribution in [-0.4, -0.2) is 36.1 Å². The van der Waals surface area contributed by atoms with E-state index in [1.54, 1.807) is 24.9 Å². The molecule has 5 rings (SSSR count). The monoisotopic (exact) mass is 527 g/mol. The summed E-state index contributed by atoms with van der Waals surface area (Å²) in [5, 5.41) is 0.